The second kappa shape index (κ2) is 10.7. The van der Waals surface area contributed by atoms with Crippen LogP contribution in [0.1, 0.15) is 12.5 Å². The number of nitrogens with two attached hydrogens (primary N) is 2. The van der Waals surface area contributed by atoms with Crippen molar-refractivity contribution in [2.75, 3.05) is 24.7 Å². The number of hydrogen-bond acceptors (Lipinski definition) is 18. The first kappa shape index (κ1) is 29.3. The van der Waals surface area contributed by atoms with Crippen LogP contribution in [0.4, 0.5) is 11.9 Å². The number of fused-ring (bicyclic) bond motifs is 2. The summed E-state index contributed by atoms with van der Waals surface area (Å²) < 4.78 is 36.1. The first-order valence-corrected chi connectivity index (χ1v) is 13.9. The molecule has 0 aliphatic carbocycles. The molecule has 4 aromatic heterocycles. The summed E-state index contributed by atoms with van der Waals surface area (Å²) in [5.41, 5.74) is 9.42. The van der Waals surface area contributed by atoms with Gasteiger partial charge in [-0.2, -0.15) is 9.97 Å². The van der Waals surface area contributed by atoms with E-state index in [9.17, 15) is 39.5 Å². The van der Waals surface area contributed by atoms with Crippen LogP contribution >= 0.6 is 7.82 Å². The lowest BCUT2D eigenvalue weighted by Gasteiger charge is -2.30. The number of aromatic nitrogens is 8. The molecule has 43 heavy (non-hydrogen) atoms. The number of phosphoric acid groups is 1. The minimum atomic E-state index is -5.31. The summed E-state index contributed by atoms with van der Waals surface area (Å²) in [4.78, 5) is 57.1. The van der Waals surface area contributed by atoms with Gasteiger partial charge in [0.15, 0.2) is 34.8 Å². The molecule has 6 heterocycles. The fraction of sp³-hybridized carbons (Fsp3) is 0.500. The molecule has 0 spiro atoms. The molecule has 0 aromatic carbocycles. The van der Waals surface area contributed by atoms with Gasteiger partial charge in [0, 0.05) is 0 Å². The Balaban J connectivity index is 1.15. The molecule has 23 heteroatoms. The van der Waals surface area contributed by atoms with Crippen molar-refractivity contribution in [2.45, 2.75) is 49.1 Å². The highest BCUT2D eigenvalue weighted by Crippen LogP contribution is 2.46. The third-order valence-electron chi connectivity index (χ3n) is 6.92. The number of aliphatic hydroxyl groups excluding tert-OH is 4. The summed E-state index contributed by atoms with van der Waals surface area (Å²) >= 11 is 0. The van der Waals surface area contributed by atoms with E-state index < -0.39 is 81.2 Å². The lowest BCUT2D eigenvalue weighted by atomic mass is 10.1. The van der Waals surface area contributed by atoms with Gasteiger partial charge in [0.05, 0.1) is 25.9 Å². The molecule has 0 bridgehead atoms. The van der Waals surface area contributed by atoms with E-state index in [0.29, 0.717) is 0 Å². The van der Waals surface area contributed by atoms with Crippen molar-refractivity contribution in [3.8, 4) is 0 Å². The standard InChI is InChI=1S/C20H25N10O12P/c21-19-25-13-7(15(35)27-19)23-3-29(13)17-10(33)9(32)6(41-17)2-39-43(37,38)42-12-5(1-31)40-18(11(12)34)30-4-24-8-14(30)26-20(22)28-16(8)36/h3-6,9-12,17-18,31-34H,1-2H2,(H,37,38)(H3,21,25,27,35)(H3,22,26,28,36)/p-1/t5-,6-,9-,10-,11-,12-,17-,18-/m1/s1. The smallest absolute Gasteiger partial charge is 0.280 e. The second-order valence-corrected chi connectivity index (χ2v) is 11.0. The summed E-state index contributed by atoms with van der Waals surface area (Å²) in [5, 5.41) is 41.7. The number of imidazole rings is 2. The van der Waals surface area contributed by atoms with Crippen molar-refractivity contribution in [2.24, 2.45) is 0 Å². The maximum Gasteiger partial charge on any atom is 0.280 e. The highest BCUT2D eigenvalue weighted by atomic mass is 31.2. The van der Waals surface area contributed by atoms with E-state index in [1.54, 1.807) is 0 Å². The maximum absolute atomic E-state index is 12.8. The van der Waals surface area contributed by atoms with E-state index >= 15 is 0 Å². The van der Waals surface area contributed by atoms with Gasteiger partial charge in [0.25, 0.3) is 18.9 Å². The Morgan fingerprint density at radius 1 is 0.907 bits per heavy atom. The first-order valence-electron chi connectivity index (χ1n) is 12.4. The number of hydrogen-bond donors (Lipinski definition) is 8. The van der Waals surface area contributed by atoms with Crippen molar-refractivity contribution in [3.63, 3.8) is 0 Å². The van der Waals surface area contributed by atoms with Crippen LogP contribution in [0.25, 0.3) is 22.3 Å². The molecule has 0 saturated carbocycles. The molecule has 2 saturated heterocycles. The molecule has 1 unspecified atom stereocenters. The van der Waals surface area contributed by atoms with Gasteiger partial charge in [-0.25, -0.2) is 9.97 Å². The Hall–Kier alpha value is -3.83. The van der Waals surface area contributed by atoms with Gasteiger partial charge in [-0.1, -0.05) is 0 Å². The van der Waals surface area contributed by atoms with Gasteiger partial charge in [-0.3, -0.25) is 33.3 Å². The largest absolute Gasteiger partial charge is 0.756 e. The molecular weight excluding hydrogens is 603 g/mol. The van der Waals surface area contributed by atoms with Crippen LogP contribution < -0.4 is 27.5 Å². The van der Waals surface area contributed by atoms with Crippen LogP contribution in [-0.2, 0) is 23.1 Å². The number of nitrogens with zero attached hydrogens (tertiary/aromatic N) is 6. The lowest BCUT2D eigenvalue weighted by Crippen LogP contribution is -2.38. The number of aromatic amines is 2. The SMILES string of the molecule is Nc1nc2c(ncn2[C@@H]2O[C@H](COP(=O)([O-])O[C@H]3[C@@H](O)[C@H](n4cnc5c(=O)[nH]c(N)nc54)O[C@@H]3CO)[C@@H](O)[C@H]2O)c(=O)[nH]1. The van der Waals surface area contributed by atoms with Crippen molar-refractivity contribution >= 4 is 42.0 Å². The average Bonchev–Trinajstić information content (AvgIpc) is 3.69. The van der Waals surface area contributed by atoms with Crippen LogP contribution in [0.5, 0.6) is 0 Å². The van der Waals surface area contributed by atoms with Crippen LogP contribution in [0.2, 0.25) is 0 Å². The van der Waals surface area contributed by atoms with Gasteiger partial charge in [-0.05, 0) is 0 Å². The predicted molar refractivity (Wildman–Crippen MR) is 136 cm³/mol. The normalized spacial score (nSPS) is 30.8. The molecule has 2 fully saturated rings. The number of H-pyrrole nitrogens is 2. The maximum atomic E-state index is 12.8. The number of nitrogens with one attached hydrogen (secondary N) is 2. The van der Waals surface area contributed by atoms with E-state index in [2.05, 4.69) is 29.9 Å². The number of nitrogen functional groups attached to an aromatic ring is 2. The summed E-state index contributed by atoms with van der Waals surface area (Å²) in [6, 6.07) is 0. The molecule has 232 valence electrons. The van der Waals surface area contributed by atoms with Gasteiger partial charge < -0.3 is 55.3 Å². The molecule has 10 N–H and O–H groups in total. The van der Waals surface area contributed by atoms with Crippen LogP contribution in [0, 0.1) is 0 Å². The fourth-order valence-electron chi connectivity index (χ4n) is 4.93. The van der Waals surface area contributed by atoms with E-state index in [1.807, 2.05) is 0 Å². The minimum Gasteiger partial charge on any atom is -0.756 e. The van der Waals surface area contributed by atoms with Gasteiger partial charge in [0.2, 0.25) is 11.9 Å². The van der Waals surface area contributed by atoms with Crippen molar-refractivity contribution < 1.29 is 48.4 Å². The molecule has 2 aliphatic rings. The Morgan fingerprint density at radius 3 is 1.95 bits per heavy atom. The highest BCUT2D eigenvalue weighted by Gasteiger charge is 2.49. The van der Waals surface area contributed by atoms with Gasteiger partial charge in [0.1, 0.15) is 36.6 Å². The quantitative estimate of drug-likeness (QED) is 0.0849. The zero-order valence-corrected chi connectivity index (χ0v) is 22.4. The zero-order chi connectivity index (χ0) is 30.8. The van der Waals surface area contributed by atoms with Gasteiger partial charge >= 0.3 is 0 Å². The monoisotopic (exact) mass is 627 g/mol. The number of aliphatic hydroxyl groups is 4. The first-order chi connectivity index (χ1) is 20.4. The highest BCUT2D eigenvalue weighted by molar-refractivity contribution is 7.45. The van der Waals surface area contributed by atoms with Crippen LogP contribution in [0.3, 0.4) is 0 Å². The molecule has 6 rings (SSSR count). The Morgan fingerprint density at radius 2 is 1.42 bits per heavy atom. The van der Waals surface area contributed by atoms with Crippen molar-refractivity contribution in [1.82, 2.24) is 39.0 Å². The molecule has 0 radical (unpaired) electrons. The predicted octanol–water partition coefficient (Wildman–Crippen LogP) is -4.84. The third kappa shape index (κ3) is 5.08. The number of rotatable bonds is 8. The third-order valence-corrected chi connectivity index (χ3v) is 7.89. The molecule has 22 nitrogen and oxygen atoms in total. The molecule has 9 atom stereocenters. The molecule has 0 amide bonds. The van der Waals surface area contributed by atoms with Crippen LogP contribution in [0.15, 0.2) is 22.2 Å². The lowest BCUT2D eigenvalue weighted by molar-refractivity contribution is -0.236. The van der Waals surface area contributed by atoms with Crippen molar-refractivity contribution in [3.05, 3.63) is 33.4 Å². The Kier molecular flexibility index (Phi) is 7.29. The van der Waals surface area contributed by atoms with E-state index in [0.717, 1.165) is 21.8 Å². The van der Waals surface area contributed by atoms with Gasteiger partial charge in [-0.15, -0.1) is 0 Å². The minimum absolute atomic E-state index is 0.0649. The zero-order valence-electron chi connectivity index (χ0n) is 21.5. The van der Waals surface area contributed by atoms with Crippen LogP contribution in [-0.4, -0.2) is 109 Å². The summed E-state index contributed by atoms with van der Waals surface area (Å²) in [6.45, 7) is -1.65. The fourth-order valence-corrected chi connectivity index (χ4v) is 5.87. The molecule has 4 aromatic rings. The van der Waals surface area contributed by atoms with E-state index in [1.165, 1.54) is 0 Å². The Labute approximate surface area is 237 Å². The topological polar surface area (TPSA) is 337 Å². The van der Waals surface area contributed by atoms with E-state index in [4.69, 9.17) is 30.0 Å². The Bertz CT molecular complexity index is 1840. The molecule has 2 aliphatic heterocycles. The molecular formula is C20H24N10O12P-. The number of anilines is 2. The summed E-state index contributed by atoms with van der Waals surface area (Å²) in [6.07, 6.45) is -10.1. The number of phosphoric ester groups is 1. The second-order valence-electron chi connectivity index (χ2n) is 9.65. The average molecular weight is 627 g/mol. The number of ether oxygens (including phenoxy) is 2. The summed E-state index contributed by atoms with van der Waals surface area (Å²) in [7, 11) is -5.31. The summed E-state index contributed by atoms with van der Waals surface area (Å²) in [5.74, 6) is -0.497. The van der Waals surface area contributed by atoms with E-state index in [-0.39, 0.29) is 34.2 Å². The van der Waals surface area contributed by atoms with Crippen molar-refractivity contribution in [1.29, 1.82) is 0 Å².